The minimum Gasteiger partial charge on any atom is -0.508 e. The summed E-state index contributed by atoms with van der Waals surface area (Å²) >= 11 is 7.20. The fourth-order valence-electron chi connectivity index (χ4n) is 2.40. The highest BCUT2D eigenvalue weighted by Gasteiger charge is 2.14. The van der Waals surface area contributed by atoms with E-state index in [0.29, 0.717) is 33.4 Å². The first-order valence-electron chi connectivity index (χ1n) is 8.07. The SMILES string of the molecule is Cc1nc(C#Cc2ccc(O)cc2)sc1C(=O)CCc1ccc(Cl)cc1. The topological polar surface area (TPSA) is 50.2 Å². The van der Waals surface area contributed by atoms with Crippen LogP contribution >= 0.6 is 22.9 Å². The van der Waals surface area contributed by atoms with Crippen LogP contribution in [0, 0.1) is 18.8 Å². The van der Waals surface area contributed by atoms with E-state index in [0.717, 1.165) is 11.1 Å². The average molecular weight is 382 g/mol. The molecule has 1 N–H and O–H groups in total. The number of ketones is 1. The van der Waals surface area contributed by atoms with Gasteiger partial charge >= 0.3 is 0 Å². The maximum atomic E-state index is 12.5. The largest absolute Gasteiger partial charge is 0.508 e. The Kier molecular flexibility index (Phi) is 5.72. The smallest absolute Gasteiger partial charge is 0.175 e. The van der Waals surface area contributed by atoms with E-state index >= 15 is 0 Å². The third kappa shape index (κ3) is 4.72. The molecule has 0 aliphatic carbocycles. The van der Waals surface area contributed by atoms with E-state index in [2.05, 4.69) is 16.8 Å². The summed E-state index contributed by atoms with van der Waals surface area (Å²) in [7, 11) is 0. The first-order valence-corrected chi connectivity index (χ1v) is 9.27. The number of aromatic nitrogens is 1. The van der Waals surface area contributed by atoms with Crippen molar-refractivity contribution in [3.8, 4) is 17.6 Å². The fraction of sp³-hybridized carbons (Fsp3) is 0.143. The van der Waals surface area contributed by atoms with Crippen LogP contribution in [-0.2, 0) is 6.42 Å². The van der Waals surface area contributed by atoms with E-state index in [9.17, 15) is 9.90 Å². The first-order chi connectivity index (χ1) is 12.5. The van der Waals surface area contributed by atoms with Crippen molar-refractivity contribution >= 4 is 28.7 Å². The number of carbonyl (C=O) groups is 1. The lowest BCUT2D eigenvalue weighted by atomic mass is 10.1. The molecule has 0 saturated heterocycles. The molecule has 0 aliphatic rings. The van der Waals surface area contributed by atoms with Gasteiger partial charge in [-0.1, -0.05) is 29.7 Å². The minimum absolute atomic E-state index is 0.0765. The van der Waals surface area contributed by atoms with Gasteiger partial charge in [0.1, 0.15) is 5.75 Å². The summed E-state index contributed by atoms with van der Waals surface area (Å²) in [6, 6.07) is 14.2. The molecule has 1 aromatic heterocycles. The molecule has 5 heteroatoms. The highest BCUT2D eigenvalue weighted by atomic mass is 35.5. The molecule has 0 saturated carbocycles. The van der Waals surface area contributed by atoms with Gasteiger partial charge in [0.25, 0.3) is 0 Å². The van der Waals surface area contributed by atoms with Crippen molar-refractivity contribution in [2.24, 2.45) is 0 Å². The molecule has 130 valence electrons. The van der Waals surface area contributed by atoms with Crippen LogP contribution in [0.25, 0.3) is 0 Å². The number of phenols is 1. The van der Waals surface area contributed by atoms with Crippen LogP contribution in [0.2, 0.25) is 5.02 Å². The summed E-state index contributed by atoms with van der Waals surface area (Å²) in [6.45, 7) is 1.83. The van der Waals surface area contributed by atoms with Crippen LogP contribution in [0.3, 0.4) is 0 Å². The number of aromatic hydroxyl groups is 1. The molecule has 0 fully saturated rings. The van der Waals surface area contributed by atoms with E-state index in [1.165, 1.54) is 11.3 Å². The molecular weight excluding hydrogens is 366 g/mol. The summed E-state index contributed by atoms with van der Waals surface area (Å²) in [4.78, 5) is 17.5. The zero-order valence-corrected chi connectivity index (χ0v) is 15.7. The van der Waals surface area contributed by atoms with Crippen LogP contribution in [0.4, 0.5) is 0 Å². The summed E-state index contributed by atoms with van der Waals surface area (Å²) in [6.07, 6.45) is 1.09. The second-order valence-electron chi connectivity index (χ2n) is 5.78. The quantitative estimate of drug-likeness (QED) is 0.509. The molecule has 0 bridgehead atoms. The molecule has 26 heavy (non-hydrogen) atoms. The number of hydrogen-bond donors (Lipinski definition) is 1. The molecular formula is C21H16ClNO2S. The van der Waals surface area contributed by atoms with Crippen molar-refractivity contribution < 1.29 is 9.90 Å². The van der Waals surface area contributed by atoms with Crippen LogP contribution in [0.15, 0.2) is 48.5 Å². The molecule has 2 aromatic carbocycles. The Hall–Kier alpha value is -2.61. The third-order valence-corrected chi connectivity index (χ3v) is 5.15. The number of carbonyl (C=O) groups excluding carboxylic acids is 1. The van der Waals surface area contributed by atoms with Crippen molar-refractivity contribution in [2.75, 3.05) is 0 Å². The van der Waals surface area contributed by atoms with Crippen molar-refractivity contribution in [1.82, 2.24) is 4.98 Å². The maximum Gasteiger partial charge on any atom is 0.175 e. The van der Waals surface area contributed by atoms with Gasteiger partial charge in [-0.2, -0.15) is 0 Å². The molecule has 0 amide bonds. The zero-order chi connectivity index (χ0) is 18.5. The van der Waals surface area contributed by atoms with E-state index in [1.54, 1.807) is 24.3 Å². The number of phenolic OH excluding ortho intramolecular Hbond substituents is 1. The third-order valence-electron chi connectivity index (χ3n) is 3.78. The summed E-state index contributed by atoms with van der Waals surface area (Å²) in [5, 5.41) is 10.6. The van der Waals surface area contributed by atoms with Gasteiger partial charge < -0.3 is 5.11 Å². The van der Waals surface area contributed by atoms with E-state index < -0.39 is 0 Å². The van der Waals surface area contributed by atoms with Crippen LogP contribution in [0.1, 0.15) is 37.9 Å². The van der Waals surface area contributed by atoms with Crippen LogP contribution in [-0.4, -0.2) is 15.9 Å². The number of rotatable bonds is 4. The molecule has 3 aromatic rings. The van der Waals surface area contributed by atoms with Crippen molar-refractivity contribution in [1.29, 1.82) is 0 Å². The van der Waals surface area contributed by atoms with E-state index in [4.69, 9.17) is 11.6 Å². The molecule has 0 radical (unpaired) electrons. The van der Waals surface area contributed by atoms with Crippen LogP contribution in [0.5, 0.6) is 5.75 Å². The van der Waals surface area contributed by atoms with Gasteiger partial charge in [-0.15, -0.1) is 11.3 Å². The minimum atomic E-state index is 0.0765. The summed E-state index contributed by atoms with van der Waals surface area (Å²) in [5.41, 5.74) is 2.58. The lowest BCUT2D eigenvalue weighted by Gasteiger charge is -2.00. The Balaban J connectivity index is 1.68. The second kappa shape index (κ2) is 8.18. The van der Waals surface area contributed by atoms with Gasteiger partial charge in [-0.05, 0) is 61.2 Å². The highest BCUT2D eigenvalue weighted by molar-refractivity contribution is 7.14. The van der Waals surface area contributed by atoms with Gasteiger partial charge in [-0.3, -0.25) is 4.79 Å². The van der Waals surface area contributed by atoms with E-state index in [-0.39, 0.29) is 11.5 Å². The molecule has 0 atom stereocenters. The monoisotopic (exact) mass is 381 g/mol. The van der Waals surface area contributed by atoms with Crippen LogP contribution < -0.4 is 0 Å². The molecule has 3 rings (SSSR count). The van der Waals surface area contributed by atoms with Gasteiger partial charge in [0.2, 0.25) is 0 Å². The number of halogens is 1. The standard InChI is InChI=1S/C21H16ClNO2S/c1-14-21(19(25)12-6-15-2-8-17(22)9-3-15)26-20(23-14)13-7-16-4-10-18(24)11-5-16/h2-5,8-11,24H,6,12H2,1H3. The Bertz CT molecular complexity index is 980. The normalized spacial score (nSPS) is 10.2. The second-order valence-corrected chi connectivity index (χ2v) is 7.22. The lowest BCUT2D eigenvalue weighted by Crippen LogP contribution is -2.00. The predicted octanol–water partition coefficient (Wildman–Crippen LogP) is 5.03. The Morgan fingerprint density at radius 1 is 1.12 bits per heavy atom. The number of hydrogen-bond acceptors (Lipinski definition) is 4. The molecule has 1 heterocycles. The number of thiazole rings is 1. The molecule has 0 aliphatic heterocycles. The van der Waals surface area contributed by atoms with Crippen molar-refractivity contribution in [3.63, 3.8) is 0 Å². The predicted molar refractivity (Wildman–Crippen MR) is 105 cm³/mol. The maximum absolute atomic E-state index is 12.5. The number of benzene rings is 2. The lowest BCUT2D eigenvalue weighted by molar-refractivity contribution is 0.0986. The fourth-order valence-corrected chi connectivity index (χ4v) is 3.41. The summed E-state index contributed by atoms with van der Waals surface area (Å²) < 4.78 is 0. The molecule has 0 unspecified atom stereocenters. The number of nitrogens with zero attached hydrogens (tertiary/aromatic N) is 1. The summed E-state index contributed by atoms with van der Waals surface area (Å²) in [5.74, 6) is 6.26. The first kappa shape index (κ1) is 18.2. The number of Topliss-reactive ketones (excluding diaryl/α,β-unsaturated/α-hetero) is 1. The van der Waals surface area contributed by atoms with E-state index in [1.807, 2.05) is 31.2 Å². The number of aryl methyl sites for hydroxylation is 2. The van der Waals surface area contributed by atoms with Crippen molar-refractivity contribution in [2.45, 2.75) is 19.8 Å². The molecule has 3 nitrogen and oxygen atoms in total. The molecule has 0 spiro atoms. The Labute approximate surface area is 161 Å². The van der Waals surface area contributed by atoms with Gasteiger partial charge in [0.05, 0.1) is 10.6 Å². The zero-order valence-electron chi connectivity index (χ0n) is 14.1. The Morgan fingerprint density at radius 3 is 2.50 bits per heavy atom. The average Bonchev–Trinajstić information content (AvgIpc) is 3.01. The highest BCUT2D eigenvalue weighted by Crippen LogP contribution is 2.21. The Morgan fingerprint density at radius 2 is 1.81 bits per heavy atom. The van der Waals surface area contributed by atoms with Gasteiger partial charge in [0, 0.05) is 17.0 Å². The van der Waals surface area contributed by atoms with Gasteiger partial charge in [0.15, 0.2) is 10.8 Å². The van der Waals surface area contributed by atoms with Gasteiger partial charge in [-0.25, -0.2) is 4.98 Å². The van der Waals surface area contributed by atoms with Crippen molar-refractivity contribution in [3.05, 3.63) is 80.3 Å².